The number of aromatic nitrogens is 1. The van der Waals surface area contributed by atoms with Gasteiger partial charge >= 0.3 is 0 Å². The molecule has 0 aliphatic carbocycles. The number of aromatic amines is 1. The number of H-pyrrole nitrogens is 1. The number of hydrogen-bond donors (Lipinski definition) is 3. The Morgan fingerprint density at radius 2 is 1.95 bits per heavy atom. The molecule has 2 saturated heterocycles. The van der Waals surface area contributed by atoms with Gasteiger partial charge in [0.15, 0.2) is 5.60 Å². The summed E-state index contributed by atoms with van der Waals surface area (Å²) in [5.74, 6) is 4.57. The second-order valence-electron chi connectivity index (χ2n) is 10.0. The molecule has 0 spiro atoms. The van der Waals surface area contributed by atoms with Gasteiger partial charge in [0, 0.05) is 40.0 Å². The zero-order valence-corrected chi connectivity index (χ0v) is 21.2. The number of fused-ring (bicyclic) bond motifs is 2. The van der Waals surface area contributed by atoms with Crippen molar-refractivity contribution in [3.63, 3.8) is 0 Å². The molecular weight excluding hydrogens is 508 g/mol. The minimum atomic E-state index is -1.34. The quantitative estimate of drug-likeness (QED) is 0.346. The van der Waals surface area contributed by atoms with Crippen molar-refractivity contribution in [2.75, 3.05) is 13.1 Å². The van der Waals surface area contributed by atoms with E-state index in [0.717, 1.165) is 22.0 Å². The Hall–Kier alpha value is -4.13. The molecule has 1 atom stereocenters. The van der Waals surface area contributed by atoms with Crippen molar-refractivity contribution in [2.24, 2.45) is 0 Å². The molecule has 3 aliphatic rings. The molecule has 10 heteroatoms. The van der Waals surface area contributed by atoms with Gasteiger partial charge < -0.3 is 19.9 Å². The highest BCUT2D eigenvalue weighted by Gasteiger charge is 2.43. The van der Waals surface area contributed by atoms with Crippen molar-refractivity contribution in [1.82, 2.24) is 20.1 Å². The number of piperidine rings is 1. The molecule has 9 nitrogen and oxygen atoms in total. The van der Waals surface area contributed by atoms with Crippen molar-refractivity contribution in [3.05, 3.63) is 69.4 Å². The number of carbonyl (C=O) groups excluding carboxylic acids is 4. The zero-order valence-electron chi connectivity index (χ0n) is 20.4. The van der Waals surface area contributed by atoms with Crippen LogP contribution in [-0.4, -0.2) is 68.3 Å². The standard InChI is InChI=1S/C28H23ClN4O5/c1-15-19-5-3-18(29)11-21(19)30-24(15)27(37)32-13-28(38,14-32)9-8-16-2-4-20-17(10-16)12-33(26(20)36)22-6-7-23(34)31-25(22)35/h2-5,10-11,22,30,38H,6-7,12-14H2,1H3,(H,31,34,35). The third-order valence-corrected chi connectivity index (χ3v) is 7.62. The van der Waals surface area contributed by atoms with E-state index in [4.69, 9.17) is 11.6 Å². The molecule has 2 fully saturated rings. The van der Waals surface area contributed by atoms with Crippen LogP contribution in [0.4, 0.5) is 0 Å². The number of aliphatic hydroxyl groups is 1. The van der Waals surface area contributed by atoms with Gasteiger partial charge in [0.1, 0.15) is 11.7 Å². The van der Waals surface area contributed by atoms with Gasteiger partial charge in [-0.15, -0.1) is 0 Å². The minimum absolute atomic E-state index is 0.0705. The van der Waals surface area contributed by atoms with Crippen LogP contribution in [0.15, 0.2) is 36.4 Å². The highest BCUT2D eigenvalue weighted by atomic mass is 35.5. The van der Waals surface area contributed by atoms with Crippen molar-refractivity contribution in [2.45, 2.75) is 38.0 Å². The number of imide groups is 1. The summed E-state index contributed by atoms with van der Waals surface area (Å²) in [6.45, 7) is 2.26. The highest BCUT2D eigenvalue weighted by Crippen LogP contribution is 2.30. The van der Waals surface area contributed by atoms with Crippen LogP contribution >= 0.6 is 11.6 Å². The van der Waals surface area contributed by atoms with E-state index in [1.807, 2.05) is 13.0 Å². The topological polar surface area (TPSA) is 123 Å². The number of benzene rings is 2. The largest absolute Gasteiger partial charge is 0.374 e. The van der Waals surface area contributed by atoms with Crippen LogP contribution in [0, 0.1) is 18.8 Å². The Kier molecular flexibility index (Phi) is 5.56. The third-order valence-electron chi connectivity index (χ3n) is 7.39. The average Bonchev–Trinajstić information content (AvgIpc) is 3.36. The lowest BCUT2D eigenvalue weighted by molar-refractivity contribution is -0.136. The fraction of sp³-hybridized carbons (Fsp3) is 0.286. The number of rotatable bonds is 2. The Morgan fingerprint density at radius 1 is 1.16 bits per heavy atom. The van der Waals surface area contributed by atoms with Gasteiger partial charge in [0.25, 0.3) is 11.8 Å². The maximum Gasteiger partial charge on any atom is 0.270 e. The van der Waals surface area contributed by atoms with Crippen LogP contribution in [0.3, 0.4) is 0 Å². The monoisotopic (exact) mass is 530 g/mol. The molecule has 3 aromatic rings. The van der Waals surface area contributed by atoms with E-state index in [1.54, 1.807) is 30.3 Å². The Balaban J connectivity index is 1.14. The van der Waals surface area contributed by atoms with E-state index < -0.39 is 17.6 Å². The van der Waals surface area contributed by atoms with Gasteiger partial charge in [-0.1, -0.05) is 29.5 Å². The predicted octanol–water partition coefficient (Wildman–Crippen LogP) is 2.13. The molecule has 6 rings (SSSR count). The molecule has 0 bridgehead atoms. The first-order chi connectivity index (χ1) is 18.1. The number of amides is 4. The van der Waals surface area contributed by atoms with E-state index >= 15 is 0 Å². The molecule has 0 radical (unpaired) electrons. The highest BCUT2D eigenvalue weighted by molar-refractivity contribution is 6.31. The molecule has 2 aromatic carbocycles. The van der Waals surface area contributed by atoms with E-state index in [-0.39, 0.29) is 43.8 Å². The zero-order chi connectivity index (χ0) is 26.8. The van der Waals surface area contributed by atoms with Crippen LogP contribution in [0.2, 0.25) is 5.02 Å². The third kappa shape index (κ3) is 4.02. The van der Waals surface area contributed by atoms with Crippen LogP contribution in [-0.2, 0) is 16.1 Å². The smallest absolute Gasteiger partial charge is 0.270 e. The lowest BCUT2D eigenvalue weighted by Crippen LogP contribution is -2.62. The first kappa shape index (κ1) is 24.2. The predicted molar refractivity (Wildman–Crippen MR) is 138 cm³/mol. The van der Waals surface area contributed by atoms with Gasteiger partial charge in [0.2, 0.25) is 11.8 Å². The second-order valence-corrected chi connectivity index (χ2v) is 10.5. The number of nitrogens with one attached hydrogen (secondary N) is 2. The van der Waals surface area contributed by atoms with Gasteiger partial charge in [-0.05, 0) is 54.8 Å². The molecular formula is C28H23ClN4O5. The number of halogens is 1. The Morgan fingerprint density at radius 3 is 2.71 bits per heavy atom. The molecule has 192 valence electrons. The summed E-state index contributed by atoms with van der Waals surface area (Å²) in [6, 6.07) is 9.87. The average molecular weight is 531 g/mol. The maximum absolute atomic E-state index is 13.0. The summed E-state index contributed by atoms with van der Waals surface area (Å²) < 4.78 is 0. The van der Waals surface area contributed by atoms with E-state index in [9.17, 15) is 24.3 Å². The molecule has 4 amide bonds. The first-order valence-corrected chi connectivity index (χ1v) is 12.6. The van der Waals surface area contributed by atoms with Crippen molar-refractivity contribution in [3.8, 4) is 11.8 Å². The van der Waals surface area contributed by atoms with Crippen LogP contribution < -0.4 is 5.32 Å². The molecule has 3 aliphatic heterocycles. The lowest BCUT2D eigenvalue weighted by atomic mass is 9.93. The summed E-state index contributed by atoms with van der Waals surface area (Å²) in [5, 5.41) is 14.6. The van der Waals surface area contributed by atoms with Gasteiger partial charge in [0.05, 0.1) is 13.1 Å². The number of nitrogens with zero attached hydrogens (tertiary/aromatic N) is 2. The van der Waals surface area contributed by atoms with Gasteiger partial charge in [-0.2, -0.15) is 0 Å². The van der Waals surface area contributed by atoms with Crippen LogP contribution in [0.1, 0.15) is 50.4 Å². The summed E-state index contributed by atoms with van der Waals surface area (Å²) in [6.07, 6.45) is 0.491. The lowest BCUT2D eigenvalue weighted by Gasteiger charge is -2.43. The van der Waals surface area contributed by atoms with Gasteiger partial charge in [-0.25, -0.2) is 0 Å². The number of likely N-dealkylation sites (tertiary alicyclic amines) is 1. The van der Waals surface area contributed by atoms with Crippen molar-refractivity contribution in [1.29, 1.82) is 0 Å². The number of β-amino-alcohol motifs (C(OH)–C–C–N with tert-alkyl or cyclic N) is 1. The molecule has 1 aromatic heterocycles. The second kappa shape index (κ2) is 8.72. The SMILES string of the molecule is Cc1c(C(=O)N2CC(O)(C#Cc3ccc4c(c3)CN(C3CCC(=O)NC3=O)C4=O)C2)[nH]c2cc(Cl)ccc12. The normalized spacial score (nSPS) is 20.1. The summed E-state index contributed by atoms with van der Waals surface area (Å²) in [4.78, 5) is 55.7. The fourth-order valence-corrected chi connectivity index (χ4v) is 5.50. The molecule has 0 saturated carbocycles. The Bertz CT molecular complexity index is 1630. The molecule has 38 heavy (non-hydrogen) atoms. The van der Waals surface area contributed by atoms with E-state index in [1.165, 1.54) is 9.80 Å². The van der Waals surface area contributed by atoms with Crippen LogP contribution in [0.25, 0.3) is 10.9 Å². The number of carbonyl (C=O) groups is 4. The van der Waals surface area contributed by atoms with E-state index in [2.05, 4.69) is 22.1 Å². The first-order valence-electron chi connectivity index (χ1n) is 12.2. The van der Waals surface area contributed by atoms with Crippen molar-refractivity contribution >= 4 is 46.1 Å². The fourth-order valence-electron chi connectivity index (χ4n) is 5.33. The molecule has 1 unspecified atom stereocenters. The minimum Gasteiger partial charge on any atom is -0.374 e. The Labute approximate surface area is 222 Å². The number of hydrogen-bond acceptors (Lipinski definition) is 5. The summed E-state index contributed by atoms with van der Waals surface area (Å²) in [5.41, 5.74) is 2.56. The van der Waals surface area contributed by atoms with E-state index in [0.29, 0.717) is 28.3 Å². The number of aryl methyl sites for hydroxylation is 1. The summed E-state index contributed by atoms with van der Waals surface area (Å²) >= 11 is 6.07. The maximum atomic E-state index is 13.0. The van der Waals surface area contributed by atoms with Crippen LogP contribution in [0.5, 0.6) is 0 Å². The van der Waals surface area contributed by atoms with Gasteiger partial charge in [-0.3, -0.25) is 24.5 Å². The molecule has 4 heterocycles. The summed E-state index contributed by atoms with van der Waals surface area (Å²) in [7, 11) is 0. The molecule has 3 N–H and O–H groups in total. The van der Waals surface area contributed by atoms with Crippen molar-refractivity contribution < 1.29 is 24.3 Å².